The van der Waals surface area contributed by atoms with Crippen LogP contribution in [0.5, 0.6) is 0 Å². The second-order valence-electron chi connectivity index (χ2n) is 7.07. The van der Waals surface area contributed by atoms with Crippen molar-refractivity contribution in [3.8, 4) is 0 Å². The van der Waals surface area contributed by atoms with E-state index in [9.17, 15) is 12.8 Å². The molecule has 0 radical (unpaired) electrons. The van der Waals surface area contributed by atoms with Gasteiger partial charge in [-0.3, -0.25) is 0 Å². The maximum Gasteiger partial charge on any atom is 0.243 e. The Morgan fingerprint density at radius 3 is 2.52 bits per heavy atom. The Kier molecular flexibility index (Phi) is 5.25. The summed E-state index contributed by atoms with van der Waals surface area (Å²) in [5.41, 5.74) is 1.86. The van der Waals surface area contributed by atoms with Crippen LogP contribution in [0.15, 0.2) is 53.4 Å². The van der Waals surface area contributed by atoms with Gasteiger partial charge in [0.25, 0.3) is 0 Å². The number of hydrogen-bond donors (Lipinski definition) is 0. The van der Waals surface area contributed by atoms with Gasteiger partial charge in [-0.05, 0) is 60.6 Å². The molecule has 0 N–H and O–H groups in total. The van der Waals surface area contributed by atoms with Crippen molar-refractivity contribution in [3.63, 3.8) is 0 Å². The van der Waals surface area contributed by atoms with Crippen LogP contribution >= 0.6 is 0 Å². The number of rotatable bonds is 5. The normalized spacial score (nSPS) is 18.8. The molecule has 3 rings (SSSR count). The minimum Gasteiger partial charge on any atom is -0.207 e. The zero-order valence-electron chi connectivity index (χ0n) is 14.7. The molecule has 1 atom stereocenters. The molecule has 1 heterocycles. The highest BCUT2D eigenvalue weighted by atomic mass is 32.2. The third-order valence-corrected chi connectivity index (χ3v) is 6.53. The topological polar surface area (TPSA) is 37.4 Å². The van der Waals surface area contributed by atoms with Crippen LogP contribution in [0.3, 0.4) is 0 Å². The molecule has 0 saturated carbocycles. The van der Waals surface area contributed by atoms with Crippen LogP contribution in [0, 0.1) is 11.7 Å². The van der Waals surface area contributed by atoms with E-state index in [0.717, 1.165) is 24.0 Å². The average molecular weight is 361 g/mol. The fraction of sp³-hybridized carbons (Fsp3) is 0.400. The zero-order valence-corrected chi connectivity index (χ0v) is 15.5. The summed E-state index contributed by atoms with van der Waals surface area (Å²) in [6, 6.07) is 13.1. The molecule has 1 fully saturated rings. The lowest BCUT2D eigenvalue weighted by molar-refractivity contribution is 0.395. The molecule has 1 unspecified atom stereocenters. The monoisotopic (exact) mass is 361 g/mol. The molecule has 0 aliphatic carbocycles. The summed E-state index contributed by atoms with van der Waals surface area (Å²) in [6.45, 7) is 4.74. The fourth-order valence-electron chi connectivity index (χ4n) is 3.48. The van der Waals surface area contributed by atoms with Gasteiger partial charge in [0, 0.05) is 6.54 Å². The van der Waals surface area contributed by atoms with Gasteiger partial charge in [-0.15, -0.1) is 0 Å². The van der Waals surface area contributed by atoms with E-state index in [-0.39, 0.29) is 11.9 Å². The van der Waals surface area contributed by atoms with Crippen LogP contribution in [0.2, 0.25) is 0 Å². The van der Waals surface area contributed by atoms with Gasteiger partial charge in [-0.1, -0.05) is 38.1 Å². The molecule has 1 saturated heterocycles. The van der Waals surface area contributed by atoms with E-state index >= 15 is 0 Å². The fourth-order valence-corrected chi connectivity index (χ4v) is 5.16. The Morgan fingerprint density at radius 1 is 1.16 bits per heavy atom. The molecule has 2 aromatic rings. The highest BCUT2D eigenvalue weighted by Gasteiger charge is 2.36. The first-order valence-corrected chi connectivity index (χ1v) is 10.2. The molecule has 0 spiro atoms. The van der Waals surface area contributed by atoms with Crippen molar-refractivity contribution in [2.24, 2.45) is 5.92 Å². The second kappa shape index (κ2) is 7.26. The van der Waals surface area contributed by atoms with Crippen LogP contribution < -0.4 is 0 Å². The van der Waals surface area contributed by atoms with E-state index in [4.69, 9.17) is 0 Å². The van der Waals surface area contributed by atoms with Crippen LogP contribution in [0.1, 0.15) is 43.9 Å². The maximum absolute atomic E-state index is 13.5. The molecule has 5 heteroatoms. The summed E-state index contributed by atoms with van der Waals surface area (Å²) in [4.78, 5) is 0.309. The van der Waals surface area contributed by atoms with Crippen LogP contribution in [-0.2, 0) is 16.4 Å². The summed E-state index contributed by atoms with van der Waals surface area (Å²) >= 11 is 0. The predicted molar refractivity (Wildman–Crippen MR) is 97.3 cm³/mol. The number of hydrogen-bond acceptors (Lipinski definition) is 2. The summed E-state index contributed by atoms with van der Waals surface area (Å²) in [5.74, 6) is 0.193. The van der Waals surface area contributed by atoms with Crippen molar-refractivity contribution < 1.29 is 12.8 Å². The van der Waals surface area contributed by atoms with E-state index in [0.29, 0.717) is 23.8 Å². The molecule has 0 bridgehead atoms. The van der Waals surface area contributed by atoms with Crippen LogP contribution in [-0.4, -0.2) is 19.3 Å². The zero-order chi connectivity index (χ0) is 18.0. The largest absolute Gasteiger partial charge is 0.243 e. The molecular weight excluding hydrogens is 337 g/mol. The molecule has 0 aromatic heterocycles. The lowest BCUT2D eigenvalue weighted by atomic mass is 10.0. The highest BCUT2D eigenvalue weighted by molar-refractivity contribution is 7.89. The van der Waals surface area contributed by atoms with E-state index in [1.54, 1.807) is 24.3 Å². The first kappa shape index (κ1) is 18.1. The third kappa shape index (κ3) is 3.93. The van der Waals surface area contributed by atoms with E-state index < -0.39 is 10.0 Å². The highest BCUT2D eigenvalue weighted by Crippen LogP contribution is 2.36. The lowest BCUT2D eigenvalue weighted by Crippen LogP contribution is -2.30. The van der Waals surface area contributed by atoms with Crippen molar-refractivity contribution in [1.82, 2.24) is 4.31 Å². The lowest BCUT2D eigenvalue weighted by Gasteiger charge is -2.24. The number of benzene rings is 2. The van der Waals surface area contributed by atoms with E-state index in [1.807, 2.05) is 12.1 Å². The minimum absolute atomic E-state index is 0.295. The molecule has 0 amide bonds. The Morgan fingerprint density at radius 2 is 1.88 bits per heavy atom. The maximum atomic E-state index is 13.5. The van der Waals surface area contributed by atoms with Gasteiger partial charge in [0.15, 0.2) is 0 Å². The first-order chi connectivity index (χ1) is 11.9. The van der Waals surface area contributed by atoms with Crippen LogP contribution in [0.25, 0.3) is 0 Å². The summed E-state index contributed by atoms with van der Waals surface area (Å²) < 4.78 is 41.2. The molecular formula is C20H24FNO2S. The van der Waals surface area contributed by atoms with Gasteiger partial charge in [-0.2, -0.15) is 4.31 Å². The van der Waals surface area contributed by atoms with Crippen molar-refractivity contribution in [2.45, 2.75) is 44.0 Å². The summed E-state index contributed by atoms with van der Waals surface area (Å²) in [7, 11) is -3.58. The van der Waals surface area contributed by atoms with Gasteiger partial charge in [0.2, 0.25) is 10.0 Å². The van der Waals surface area contributed by atoms with E-state index in [2.05, 4.69) is 13.8 Å². The quantitative estimate of drug-likeness (QED) is 0.783. The second-order valence-corrected chi connectivity index (χ2v) is 8.96. The van der Waals surface area contributed by atoms with Crippen molar-refractivity contribution in [3.05, 3.63) is 65.5 Å². The molecule has 3 nitrogen and oxygen atoms in total. The Hall–Kier alpha value is -1.72. The Bertz CT molecular complexity index is 831. The minimum atomic E-state index is -3.58. The smallest absolute Gasteiger partial charge is 0.207 e. The predicted octanol–water partition coefficient (Wildman–Crippen LogP) is 4.55. The van der Waals surface area contributed by atoms with E-state index in [1.165, 1.54) is 16.4 Å². The summed E-state index contributed by atoms with van der Waals surface area (Å²) in [6.07, 6.45) is 2.43. The third-order valence-electron chi connectivity index (χ3n) is 4.61. The molecule has 1 aliphatic heterocycles. The van der Waals surface area contributed by atoms with Crippen LogP contribution in [0.4, 0.5) is 4.39 Å². The average Bonchev–Trinajstić information content (AvgIpc) is 3.05. The number of nitrogens with zero attached hydrogens (tertiary/aromatic N) is 1. The number of halogens is 1. The molecule has 2 aromatic carbocycles. The molecule has 134 valence electrons. The summed E-state index contributed by atoms with van der Waals surface area (Å²) in [5, 5.41) is 0. The Balaban J connectivity index is 1.88. The SMILES string of the molecule is CC(C)Cc1ccc(S(=O)(=O)N2CCCC2c2cccc(F)c2)cc1. The van der Waals surface area contributed by atoms with Crippen molar-refractivity contribution >= 4 is 10.0 Å². The van der Waals surface area contributed by atoms with Gasteiger partial charge in [0.05, 0.1) is 10.9 Å². The Labute approximate surface area is 149 Å². The van der Waals surface area contributed by atoms with Gasteiger partial charge < -0.3 is 0 Å². The molecule has 1 aliphatic rings. The van der Waals surface area contributed by atoms with Gasteiger partial charge in [0.1, 0.15) is 5.82 Å². The van der Waals surface area contributed by atoms with Gasteiger partial charge >= 0.3 is 0 Å². The van der Waals surface area contributed by atoms with Gasteiger partial charge in [-0.25, -0.2) is 12.8 Å². The van der Waals surface area contributed by atoms with Crippen molar-refractivity contribution in [2.75, 3.05) is 6.54 Å². The number of sulfonamides is 1. The first-order valence-electron chi connectivity index (χ1n) is 8.74. The van der Waals surface area contributed by atoms with Crippen molar-refractivity contribution in [1.29, 1.82) is 0 Å². The standard InChI is InChI=1S/C20H24FNO2S/c1-15(2)13-16-8-10-19(11-9-16)25(23,24)22-12-4-7-20(22)17-5-3-6-18(21)14-17/h3,5-6,8-11,14-15,20H,4,7,12-13H2,1-2H3. The molecule has 25 heavy (non-hydrogen) atoms.